The predicted octanol–water partition coefficient (Wildman–Crippen LogP) is 1.49. The average Bonchev–Trinajstić information content (AvgIpc) is 1.96. The van der Waals surface area contributed by atoms with Crippen LogP contribution in [0, 0.1) is 5.92 Å². The van der Waals surface area contributed by atoms with Gasteiger partial charge in [-0.25, -0.2) is 4.39 Å². The highest BCUT2D eigenvalue weighted by atomic mass is 32.2. The van der Waals surface area contributed by atoms with Crippen molar-refractivity contribution < 1.29 is 17.0 Å². The zero-order chi connectivity index (χ0) is 10.1. The summed E-state index contributed by atoms with van der Waals surface area (Å²) in [7, 11) is -3.45. The van der Waals surface area contributed by atoms with E-state index in [1.165, 1.54) is 0 Å². The quantitative estimate of drug-likeness (QED) is 0.648. The maximum Gasteiger partial charge on any atom is 0.264 e. The van der Waals surface area contributed by atoms with Crippen LogP contribution < -0.4 is 0 Å². The average molecular weight is 210 g/mol. The van der Waals surface area contributed by atoms with Gasteiger partial charge in [-0.3, -0.25) is 4.18 Å². The Morgan fingerprint density at radius 2 is 2.00 bits per heavy atom. The van der Waals surface area contributed by atoms with Gasteiger partial charge in [0.2, 0.25) is 0 Å². The first-order valence-electron chi connectivity index (χ1n) is 4.42. The summed E-state index contributed by atoms with van der Waals surface area (Å²) in [5, 5.41) is 0. The molecule has 0 amide bonds. The molecule has 3 nitrogen and oxygen atoms in total. The van der Waals surface area contributed by atoms with Crippen molar-refractivity contribution in [3.05, 3.63) is 0 Å². The van der Waals surface area contributed by atoms with Crippen LogP contribution in [0.1, 0.15) is 26.2 Å². The van der Waals surface area contributed by atoms with Crippen LogP contribution in [-0.2, 0) is 14.3 Å². The van der Waals surface area contributed by atoms with Crippen molar-refractivity contribution in [2.75, 3.05) is 6.26 Å². The number of halogens is 1. The first kappa shape index (κ1) is 10.9. The summed E-state index contributed by atoms with van der Waals surface area (Å²) in [4.78, 5) is 0. The van der Waals surface area contributed by atoms with Crippen molar-refractivity contribution in [1.82, 2.24) is 0 Å². The van der Waals surface area contributed by atoms with Crippen molar-refractivity contribution >= 4 is 10.1 Å². The Morgan fingerprint density at radius 1 is 1.38 bits per heavy atom. The van der Waals surface area contributed by atoms with E-state index in [0.29, 0.717) is 19.3 Å². The topological polar surface area (TPSA) is 43.4 Å². The molecule has 0 spiro atoms. The van der Waals surface area contributed by atoms with Crippen LogP contribution >= 0.6 is 0 Å². The molecule has 0 bridgehead atoms. The lowest BCUT2D eigenvalue weighted by Gasteiger charge is -2.30. The van der Waals surface area contributed by atoms with Gasteiger partial charge in [-0.15, -0.1) is 0 Å². The first-order valence-corrected chi connectivity index (χ1v) is 6.24. The van der Waals surface area contributed by atoms with E-state index in [-0.39, 0.29) is 5.92 Å². The van der Waals surface area contributed by atoms with Crippen molar-refractivity contribution in [3.8, 4) is 0 Å². The maximum atomic E-state index is 13.1. The molecule has 1 rings (SSSR count). The number of rotatable bonds is 2. The fraction of sp³-hybridized carbons (Fsp3) is 1.00. The Hall–Kier alpha value is -0.160. The lowest BCUT2D eigenvalue weighted by atomic mass is 9.86. The van der Waals surface area contributed by atoms with Crippen molar-refractivity contribution in [3.63, 3.8) is 0 Å². The molecule has 0 saturated heterocycles. The van der Waals surface area contributed by atoms with E-state index in [4.69, 9.17) is 4.18 Å². The molecule has 1 aliphatic rings. The fourth-order valence-electron chi connectivity index (χ4n) is 1.63. The van der Waals surface area contributed by atoms with Gasteiger partial charge in [-0.2, -0.15) is 8.42 Å². The van der Waals surface area contributed by atoms with E-state index in [1.54, 1.807) is 6.92 Å². The van der Waals surface area contributed by atoms with Gasteiger partial charge in [0.1, 0.15) is 6.17 Å². The SMILES string of the molecule is C[C@H]1[C@@H](OS(C)(=O)=O)CCC[C@@H]1F. The van der Waals surface area contributed by atoms with Crippen LogP contribution in [0.4, 0.5) is 4.39 Å². The third kappa shape index (κ3) is 3.23. The largest absolute Gasteiger partial charge is 0.267 e. The number of alkyl halides is 1. The number of hydrogen-bond donors (Lipinski definition) is 0. The summed E-state index contributed by atoms with van der Waals surface area (Å²) >= 11 is 0. The van der Waals surface area contributed by atoms with E-state index in [1.807, 2.05) is 0 Å². The molecule has 0 heterocycles. The normalized spacial score (nSPS) is 36.1. The van der Waals surface area contributed by atoms with Crippen molar-refractivity contribution in [2.24, 2.45) is 5.92 Å². The van der Waals surface area contributed by atoms with Gasteiger partial charge in [0, 0.05) is 5.92 Å². The van der Waals surface area contributed by atoms with E-state index < -0.39 is 22.4 Å². The standard InChI is InChI=1S/C8H15FO3S/c1-6-7(9)4-3-5-8(6)12-13(2,10)11/h6-8H,3-5H2,1-2H3/t6-,7+,8+/m1/s1. The Balaban J connectivity index is 2.59. The van der Waals surface area contributed by atoms with Gasteiger partial charge in [0.25, 0.3) is 10.1 Å². The molecule has 5 heteroatoms. The van der Waals surface area contributed by atoms with Gasteiger partial charge in [0.05, 0.1) is 12.4 Å². The molecule has 0 aromatic heterocycles. The zero-order valence-corrected chi connectivity index (χ0v) is 8.68. The zero-order valence-electron chi connectivity index (χ0n) is 7.86. The molecule has 0 aromatic carbocycles. The summed E-state index contributed by atoms with van der Waals surface area (Å²) in [6.45, 7) is 1.69. The Kier molecular flexibility index (Phi) is 3.29. The highest BCUT2D eigenvalue weighted by Gasteiger charge is 2.32. The molecule has 1 fully saturated rings. The molecule has 0 aromatic rings. The van der Waals surface area contributed by atoms with Gasteiger partial charge in [0.15, 0.2) is 0 Å². The lowest BCUT2D eigenvalue weighted by Crippen LogP contribution is -2.34. The highest BCUT2D eigenvalue weighted by Crippen LogP contribution is 2.29. The molecule has 0 radical (unpaired) electrons. The summed E-state index contributed by atoms with van der Waals surface area (Å²) < 4.78 is 39.5. The van der Waals surface area contributed by atoms with E-state index in [0.717, 1.165) is 6.26 Å². The molecule has 0 N–H and O–H groups in total. The smallest absolute Gasteiger partial charge is 0.264 e. The van der Waals surface area contributed by atoms with E-state index in [2.05, 4.69) is 0 Å². The van der Waals surface area contributed by atoms with Gasteiger partial charge in [-0.1, -0.05) is 6.92 Å². The predicted molar refractivity (Wildman–Crippen MR) is 47.6 cm³/mol. The highest BCUT2D eigenvalue weighted by molar-refractivity contribution is 7.86. The minimum atomic E-state index is -3.45. The van der Waals surface area contributed by atoms with Crippen LogP contribution in [0.3, 0.4) is 0 Å². The van der Waals surface area contributed by atoms with Crippen molar-refractivity contribution in [1.29, 1.82) is 0 Å². The van der Waals surface area contributed by atoms with E-state index in [9.17, 15) is 12.8 Å². The minimum absolute atomic E-state index is 0.316. The molecule has 1 aliphatic carbocycles. The minimum Gasteiger partial charge on any atom is -0.267 e. The van der Waals surface area contributed by atoms with Gasteiger partial charge in [-0.05, 0) is 19.3 Å². The second-order valence-corrected chi connectivity index (χ2v) is 5.25. The third-order valence-electron chi connectivity index (χ3n) is 2.42. The van der Waals surface area contributed by atoms with Gasteiger partial charge >= 0.3 is 0 Å². The Labute approximate surface area is 78.4 Å². The maximum absolute atomic E-state index is 13.1. The van der Waals surface area contributed by atoms with Gasteiger partial charge < -0.3 is 0 Å². The molecule has 0 aliphatic heterocycles. The summed E-state index contributed by atoms with van der Waals surface area (Å²) in [6.07, 6.45) is 1.45. The molecule has 0 unspecified atom stereocenters. The monoisotopic (exact) mass is 210 g/mol. The van der Waals surface area contributed by atoms with Crippen LogP contribution in [0.5, 0.6) is 0 Å². The second kappa shape index (κ2) is 3.92. The lowest BCUT2D eigenvalue weighted by molar-refractivity contribution is 0.0487. The Morgan fingerprint density at radius 3 is 2.54 bits per heavy atom. The third-order valence-corrected chi connectivity index (χ3v) is 3.02. The molecular weight excluding hydrogens is 195 g/mol. The van der Waals surface area contributed by atoms with Crippen LogP contribution in [0.15, 0.2) is 0 Å². The molecule has 3 atom stereocenters. The molecule has 13 heavy (non-hydrogen) atoms. The first-order chi connectivity index (χ1) is 5.90. The van der Waals surface area contributed by atoms with E-state index >= 15 is 0 Å². The summed E-state index contributed by atoms with van der Waals surface area (Å²) in [5.41, 5.74) is 0. The summed E-state index contributed by atoms with van der Waals surface area (Å²) in [6, 6.07) is 0. The van der Waals surface area contributed by atoms with Crippen molar-refractivity contribution in [2.45, 2.75) is 38.5 Å². The molecule has 78 valence electrons. The second-order valence-electron chi connectivity index (χ2n) is 3.64. The van der Waals surface area contributed by atoms with Crippen LogP contribution in [0.25, 0.3) is 0 Å². The Bertz CT molecular complexity index is 263. The summed E-state index contributed by atoms with van der Waals surface area (Å²) in [5.74, 6) is -0.316. The van der Waals surface area contributed by atoms with Crippen LogP contribution in [0.2, 0.25) is 0 Å². The van der Waals surface area contributed by atoms with Crippen LogP contribution in [-0.4, -0.2) is 26.9 Å². The molecule has 1 saturated carbocycles. The molecular formula is C8H15FO3S. The fourth-order valence-corrected chi connectivity index (χ4v) is 2.35. The number of hydrogen-bond acceptors (Lipinski definition) is 3.